The Morgan fingerprint density at radius 2 is 2.35 bits per heavy atom. The maximum atomic E-state index is 12.1. The number of nitrogens with zero attached hydrogens (tertiary/aromatic N) is 1. The fourth-order valence-electron chi connectivity index (χ4n) is 2.55. The minimum absolute atomic E-state index is 0.213. The number of rotatable bonds is 4. The smallest absolute Gasteiger partial charge is 0.178 e. The second-order valence-corrected chi connectivity index (χ2v) is 5.04. The van der Waals surface area contributed by atoms with Crippen molar-refractivity contribution in [2.24, 2.45) is 11.7 Å². The number of nitrogens with two attached hydrogens (primary N) is 1. The lowest BCUT2D eigenvalue weighted by Gasteiger charge is -2.14. The van der Waals surface area contributed by atoms with E-state index in [4.69, 9.17) is 5.73 Å². The summed E-state index contributed by atoms with van der Waals surface area (Å²) in [5, 5.41) is 0. The van der Waals surface area contributed by atoms with Gasteiger partial charge in [-0.25, -0.2) is 0 Å². The average molecular weight is 235 g/mol. The number of carbonyl (C=O) groups excluding carboxylic acids is 1. The van der Waals surface area contributed by atoms with E-state index in [2.05, 4.69) is 9.88 Å². The van der Waals surface area contributed by atoms with Gasteiger partial charge in [0.25, 0.3) is 0 Å². The van der Waals surface area contributed by atoms with Crippen molar-refractivity contribution in [3.05, 3.63) is 23.0 Å². The molecule has 1 atom stereocenters. The molecule has 0 radical (unpaired) electrons. The van der Waals surface area contributed by atoms with Crippen molar-refractivity contribution < 1.29 is 4.79 Å². The number of hydrogen-bond donors (Lipinski definition) is 2. The molecule has 4 heteroatoms. The van der Waals surface area contributed by atoms with Gasteiger partial charge in [-0.2, -0.15) is 0 Å². The Labute approximate surface area is 102 Å². The Kier molecular flexibility index (Phi) is 3.64. The molecule has 1 fully saturated rings. The molecule has 0 saturated carbocycles. The van der Waals surface area contributed by atoms with E-state index in [1.165, 1.54) is 0 Å². The van der Waals surface area contributed by atoms with Gasteiger partial charge in [-0.3, -0.25) is 9.69 Å². The summed E-state index contributed by atoms with van der Waals surface area (Å²) in [6, 6.07) is 1.94. The SMILES string of the molecule is Cc1cc(C(=O)CN2CCC(CN)C2)c(C)[nH]1. The van der Waals surface area contributed by atoms with Gasteiger partial charge in [0.2, 0.25) is 0 Å². The van der Waals surface area contributed by atoms with Gasteiger partial charge in [-0.05, 0) is 45.3 Å². The molecule has 0 bridgehead atoms. The molecule has 1 saturated heterocycles. The predicted octanol–water partition coefficient (Wildman–Crippen LogP) is 1.09. The quantitative estimate of drug-likeness (QED) is 0.768. The maximum Gasteiger partial charge on any atom is 0.178 e. The second kappa shape index (κ2) is 5.02. The first-order valence-electron chi connectivity index (χ1n) is 6.22. The third-order valence-electron chi connectivity index (χ3n) is 3.52. The number of aromatic amines is 1. The van der Waals surface area contributed by atoms with Crippen molar-refractivity contribution in [1.82, 2.24) is 9.88 Å². The molecule has 4 nitrogen and oxygen atoms in total. The van der Waals surface area contributed by atoms with Gasteiger partial charge >= 0.3 is 0 Å². The Balaban J connectivity index is 1.96. The topological polar surface area (TPSA) is 62.1 Å². The fourth-order valence-corrected chi connectivity index (χ4v) is 2.55. The van der Waals surface area contributed by atoms with Crippen LogP contribution in [0.4, 0.5) is 0 Å². The number of hydrogen-bond acceptors (Lipinski definition) is 3. The Bertz CT molecular complexity index is 411. The van der Waals surface area contributed by atoms with E-state index in [-0.39, 0.29) is 5.78 Å². The van der Waals surface area contributed by atoms with Gasteiger partial charge in [0.1, 0.15) is 0 Å². The molecule has 0 aliphatic carbocycles. The first-order valence-corrected chi connectivity index (χ1v) is 6.22. The lowest BCUT2D eigenvalue weighted by molar-refractivity contribution is 0.0943. The van der Waals surface area contributed by atoms with Crippen LogP contribution in [-0.2, 0) is 0 Å². The van der Waals surface area contributed by atoms with Gasteiger partial charge in [-0.1, -0.05) is 0 Å². The highest BCUT2D eigenvalue weighted by molar-refractivity contribution is 5.98. The first kappa shape index (κ1) is 12.3. The highest BCUT2D eigenvalue weighted by Crippen LogP contribution is 2.16. The third-order valence-corrected chi connectivity index (χ3v) is 3.52. The van der Waals surface area contributed by atoms with Crippen LogP contribution in [0.1, 0.15) is 28.2 Å². The van der Waals surface area contributed by atoms with Crippen LogP contribution in [-0.4, -0.2) is 41.8 Å². The van der Waals surface area contributed by atoms with Crippen molar-refractivity contribution in [1.29, 1.82) is 0 Å². The standard InChI is InChI=1S/C13H21N3O/c1-9-5-12(10(2)15-9)13(17)8-16-4-3-11(6-14)7-16/h5,11,15H,3-4,6-8,14H2,1-2H3. The molecule has 94 valence electrons. The number of nitrogens with one attached hydrogen (secondary N) is 1. The van der Waals surface area contributed by atoms with E-state index in [9.17, 15) is 4.79 Å². The van der Waals surface area contributed by atoms with E-state index in [0.717, 1.165) is 43.0 Å². The van der Waals surface area contributed by atoms with Crippen LogP contribution in [0, 0.1) is 19.8 Å². The van der Waals surface area contributed by atoms with Crippen molar-refractivity contribution in [3.8, 4) is 0 Å². The fraction of sp³-hybridized carbons (Fsp3) is 0.615. The maximum absolute atomic E-state index is 12.1. The number of aromatic nitrogens is 1. The molecule has 0 amide bonds. The van der Waals surface area contributed by atoms with Crippen LogP contribution in [0.15, 0.2) is 6.07 Å². The van der Waals surface area contributed by atoms with E-state index in [1.807, 2.05) is 19.9 Å². The Morgan fingerprint density at radius 3 is 2.88 bits per heavy atom. The van der Waals surface area contributed by atoms with Crippen molar-refractivity contribution in [2.75, 3.05) is 26.2 Å². The number of H-pyrrole nitrogens is 1. The Hall–Kier alpha value is -1.13. The lowest BCUT2D eigenvalue weighted by Crippen LogP contribution is -2.29. The largest absolute Gasteiger partial charge is 0.362 e. The Morgan fingerprint density at radius 1 is 1.59 bits per heavy atom. The number of likely N-dealkylation sites (tertiary alicyclic amines) is 1. The zero-order valence-corrected chi connectivity index (χ0v) is 10.6. The molecule has 17 heavy (non-hydrogen) atoms. The van der Waals surface area contributed by atoms with Gasteiger partial charge in [0.15, 0.2) is 5.78 Å². The summed E-state index contributed by atoms with van der Waals surface area (Å²) in [4.78, 5) is 17.5. The molecular formula is C13H21N3O. The number of aryl methyl sites for hydroxylation is 2. The summed E-state index contributed by atoms with van der Waals surface area (Å²) >= 11 is 0. The van der Waals surface area contributed by atoms with Crippen LogP contribution in [0.25, 0.3) is 0 Å². The number of carbonyl (C=O) groups is 1. The van der Waals surface area contributed by atoms with Crippen LogP contribution < -0.4 is 5.73 Å². The summed E-state index contributed by atoms with van der Waals surface area (Å²) in [5.74, 6) is 0.779. The van der Waals surface area contributed by atoms with E-state index >= 15 is 0 Å². The van der Waals surface area contributed by atoms with E-state index in [0.29, 0.717) is 12.5 Å². The first-order chi connectivity index (χ1) is 8.10. The second-order valence-electron chi connectivity index (χ2n) is 5.04. The minimum Gasteiger partial charge on any atom is -0.362 e. The summed E-state index contributed by atoms with van der Waals surface area (Å²) in [6.07, 6.45) is 1.12. The molecular weight excluding hydrogens is 214 g/mol. The van der Waals surface area contributed by atoms with Crippen LogP contribution in [0.2, 0.25) is 0 Å². The molecule has 1 aromatic heterocycles. The molecule has 1 aromatic rings. The molecule has 0 aromatic carbocycles. The lowest BCUT2D eigenvalue weighted by atomic mass is 10.1. The van der Waals surface area contributed by atoms with Gasteiger partial charge < -0.3 is 10.7 Å². The highest BCUT2D eigenvalue weighted by Gasteiger charge is 2.24. The van der Waals surface area contributed by atoms with Crippen LogP contribution >= 0.6 is 0 Å². The summed E-state index contributed by atoms with van der Waals surface area (Å²) in [7, 11) is 0. The van der Waals surface area contributed by atoms with Crippen LogP contribution in [0.3, 0.4) is 0 Å². The molecule has 1 aliphatic rings. The normalized spacial score (nSPS) is 21.0. The monoisotopic (exact) mass is 235 g/mol. The molecule has 2 rings (SSSR count). The molecule has 3 N–H and O–H groups in total. The summed E-state index contributed by atoms with van der Waals surface area (Å²) in [5.41, 5.74) is 8.50. The van der Waals surface area contributed by atoms with Gasteiger partial charge in [0.05, 0.1) is 6.54 Å². The van der Waals surface area contributed by atoms with Crippen molar-refractivity contribution in [2.45, 2.75) is 20.3 Å². The number of Topliss-reactive ketones (excluding diaryl/α,β-unsaturated/α-hetero) is 1. The highest BCUT2D eigenvalue weighted by atomic mass is 16.1. The van der Waals surface area contributed by atoms with Gasteiger partial charge in [0, 0.05) is 23.5 Å². The zero-order chi connectivity index (χ0) is 12.4. The number of ketones is 1. The summed E-state index contributed by atoms with van der Waals surface area (Å²) in [6.45, 7) is 7.14. The third kappa shape index (κ3) is 2.76. The minimum atomic E-state index is 0.213. The average Bonchev–Trinajstić information content (AvgIpc) is 2.85. The van der Waals surface area contributed by atoms with Crippen molar-refractivity contribution in [3.63, 3.8) is 0 Å². The predicted molar refractivity (Wildman–Crippen MR) is 68.2 cm³/mol. The summed E-state index contributed by atoms with van der Waals surface area (Å²) < 4.78 is 0. The van der Waals surface area contributed by atoms with Gasteiger partial charge in [-0.15, -0.1) is 0 Å². The van der Waals surface area contributed by atoms with E-state index in [1.54, 1.807) is 0 Å². The molecule has 1 unspecified atom stereocenters. The molecule has 2 heterocycles. The van der Waals surface area contributed by atoms with Crippen molar-refractivity contribution >= 4 is 5.78 Å². The van der Waals surface area contributed by atoms with Crippen LogP contribution in [0.5, 0.6) is 0 Å². The molecule has 1 aliphatic heterocycles. The molecule has 0 spiro atoms. The van der Waals surface area contributed by atoms with E-state index < -0.39 is 0 Å². The zero-order valence-electron chi connectivity index (χ0n) is 10.6.